The minimum absolute atomic E-state index is 0.133. The highest BCUT2D eigenvalue weighted by atomic mass is 16.4. The number of rotatable bonds is 5. The number of carboxylic acids is 1. The second-order valence-corrected chi connectivity index (χ2v) is 4.44. The Morgan fingerprint density at radius 3 is 2.14 bits per heavy atom. The first-order valence-corrected chi connectivity index (χ1v) is 6.85. The summed E-state index contributed by atoms with van der Waals surface area (Å²) in [6.07, 6.45) is 0. The summed E-state index contributed by atoms with van der Waals surface area (Å²) in [7, 11) is 1.50. The molecule has 0 aliphatic heterocycles. The molecular weight excluding hydrogens is 280 g/mol. The molecule has 1 unspecified atom stereocenters. The molecule has 0 saturated heterocycles. The number of nitrogens with two attached hydrogens (primary N) is 1. The Balaban J connectivity index is 0.00000116. The number of ketones is 1. The average molecular weight is 300 g/mol. The zero-order chi connectivity index (χ0) is 16.5. The molecule has 5 nitrogen and oxygen atoms in total. The van der Waals surface area contributed by atoms with Crippen LogP contribution in [0.15, 0.2) is 54.6 Å². The van der Waals surface area contributed by atoms with Crippen LogP contribution in [0.3, 0.4) is 0 Å². The average Bonchev–Trinajstić information content (AvgIpc) is 2.57. The van der Waals surface area contributed by atoms with Crippen LogP contribution in [0, 0.1) is 0 Å². The van der Waals surface area contributed by atoms with E-state index in [0.717, 1.165) is 0 Å². The van der Waals surface area contributed by atoms with Gasteiger partial charge < -0.3 is 16.2 Å². The van der Waals surface area contributed by atoms with Gasteiger partial charge in [0, 0.05) is 16.8 Å². The Hall–Kier alpha value is -2.66. The fourth-order valence-corrected chi connectivity index (χ4v) is 1.85. The van der Waals surface area contributed by atoms with Gasteiger partial charge in [-0.05, 0) is 26.1 Å². The molecule has 116 valence electrons. The van der Waals surface area contributed by atoms with Crippen LogP contribution in [0.5, 0.6) is 0 Å². The first-order valence-electron chi connectivity index (χ1n) is 6.85. The Kier molecular flexibility index (Phi) is 6.79. The highest BCUT2D eigenvalue weighted by Crippen LogP contribution is 2.20. The van der Waals surface area contributed by atoms with Crippen molar-refractivity contribution in [1.82, 2.24) is 0 Å². The molecule has 0 aliphatic carbocycles. The predicted octanol–water partition coefficient (Wildman–Crippen LogP) is 2.38. The summed E-state index contributed by atoms with van der Waals surface area (Å²) in [5.41, 5.74) is 6.06. The van der Waals surface area contributed by atoms with E-state index in [1.807, 2.05) is 6.07 Å². The van der Waals surface area contributed by atoms with Crippen LogP contribution in [0.1, 0.15) is 22.8 Å². The lowest BCUT2D eigenvalue weighted by molar-refractivity contribution is -0.137. The summed E-state index contributed by atoms with van der Waals surface area (Å²) in [5, 5.41) is 11.8. The van der Waals surface area contributed by atoms with Gasteiger partial charge in [0.1, 0.15) is 6.04 Å². The maximum Gasteiger partial charge on any atom is 0.325 e. The first-order chi connectivity index (χ1) is 10.6. The van der Waals surface area contributed by atoms with E-state index in [1.165, 1.54) is 14.0 Å². The van der Waals surface area contributed by atoms with E-state index in [1.54, 1.807) is 48.5 Å². The number of carboxylic acid groups (broad SMARTS) is 1. The molecule has 0 radical (unpaired) electrons. The van der Waals surface area contributed by atoms with E-state index in [-0.39, 0.29) is 5.78 Å². The maximum absolute atomic E-state index is 12.4. The van der Waals surface area contributed by atoms with Crippen molar-refractivity contribution in [2.75, 3.05) is 12.4 Å². The molecule has 0 aromatic heterocycles. The van der Waals surface area contributed by atoms with E-state index in [4.69, 9.17) is 5.11 Å². The topological polar surface area (TPSA) is 92.4 Å². The van der Waals surface area contributed by atoms with E-state index >= 15 is 0 Å². The monoisotopic (exact) mass is 300 g/mol. The predicted molar refractivity (Wildman–Crippen MR) is 87.1 cm³/mol. The number of carbonyl (C=O) groups is 2. The van der Waals surface area contributed by atoms with Crippen molar-refractivity contribution in [3.8, 4) is 0 Å². The molecule has 2 aromatic rings. The molecule has 0 saturated carbocycles. The smallest absolute Gasteiger partial charge is 0.325 e. The fourth-order valence-electron chi connectivity index (χ4n) is 1.85. The van der Waals surface area contributed by atoms with Gasteiger partial charge in [0.25, 0.3) is 0 Å². The number of aliphatic carboxylic acids is 1. The van der Waals surface area contributed by atoms with Crippen molar-refractivity contribution in [3.05, 3.63) is 65.7 Å². The lowest BCUT2D eigenvalue weighted by Gasteiger charge is -2.14. The number of nitrogens with one attached hydrogen (secondary N) is 1. The number of anilines is 1. The molecule has 0 spiro atoms. The zero-order valence-electron chi connectivity index (χ0n) is 12.6. The minimum atomic E-state index is -0.966. The molecular formula is C17H20N2O3. The Morgan fingerprint density at radius 1 is 1.00 bits per heavy atom. The van der Waals surface area contributed by atoms with E-state index in [9.17, 15) is 9.59 Å². The summed E-state index contributed by atoms with van der Waals surface area (Å²) in [6, 6.07) is 15.0. The van der Waals surface area contributed by atoms with E-state index in [2.05, 4.69) is 11.1 Å². The fraction of sp³-hybridized carbons (Fsp3) is 0.176. The molecule has 2 aromatic carbocycles. The molecule has 0 amide bonds. The maximum atomic E-state index is 12.4. The van der Waals surface area contributed by atoms with Gasteiger partial charge in [-0.15, -0.1) is 0 Å². The Morgan fingerprint density at radius 2 is 1.55 bits per heavy atom. The number of hydrogen-bond donors (Lipinski definition) is 3. The van der Waals surface area contributed by atoms with E-state index in [0.29, 0.717) is 16.8 Å². The minimum Gasteiger partial charge on any atom is -0.480 e. The lowest BCUT2D eigenvalue weighted by atomic mass is 10.0. The summed E-state index contributed by atoms with van der Waals surface area (Å²) >= 11 is 0. The van der Waals surface area contributed by atoms with Crippen molar-refractivity contribution in [3.63, 3.8) is 0 Å². The molecule has 0 bridgehead atoms. The quantitative estimate of drug-likeness (QED) is 0.737. The van der Waals surface area contributed by atoms with Crippen molar-refractivity contribution >= 4 is 17.4 Å². The SMILES string of the molecule is CC(Nc1ccccc1C(=O)c1ccccc1)C(=O)O.CN. The highest BCUT2D eigenvalue weighted by molar-refractivity contribution is 6.12. The molecule has 0 heterocycles. The summed E-state index contributed by atoms with van der Waals surface area (Å²) in [4.78, 5) is 23.3. The Bertz CT molecular complexity index is 627. The van der Waals surface area contributed by atoms with Crippen LogP contribution in [-0.4, -0.2) is 29.9 Å². The van der Waals surface area contributed by atoms with Gasteiger partial charge >= 0.3 is 5.97 Å². The number of carbonyl (C=O) groups excluding carboxylic acids is 1. The van der Waals surface area contributed by atoms with Crippen LogP contribution in [0.4, 0.5) is 5.69 Å². The van der Waals surface area contributed by atoms with E-state index < -0.39 is 12.0 Å². The van der Waals surface area contributed by atoms with Gasteiger partial charge in [0.05, 0.1) is 0 Å². The number of hydrogen-bond acceptors (Lipinski definition) is 4. The number of benzene rings is 2. The third-order valence-electron chi connectivity index (χ3n) is 2.95. The van der Waals surface area contributed by atoms with Gasteiger partial charge in [-0.3, -0.25) is 9.59 Å². The summed E-state index contributed by atoms with van der Waals surface area (Å²) < 4.78 is 0. The summed E-state index contributed by atoms with van der Waals surface area (Å²) in [5.74, 6) is -1.10. The van der Waals surface area contributed by atoms with Gasteiger partial charge in [0.15, 0.2) is 5.78 Å². The third kappa shape index (κ3) is 4.43. The van der Waals surface area contributed by atoms with Gasteiger partial charge in [-0.2, -0.15) is 0 Å². The lowest BCUT2D eigenvalue weighted by Crippen LogP contribution is -2.26. The van der Waals surface area contributed by atoms with Crippen LogP contribution < -0.4 is 11.1 Å². The molecule has 0 fully saturated rings. The van der Waals surface area contributed by atoms with Crippen molar-refractivity contribution < 1.29 is 14.7 Å². The summed E-state index contributed by atoms with van der Waals surface area (Å²) in [6.45, 7) is 1.53. The van der Waals surface area contributed by atoms with Gasteiger partial charge in [-0.25, -0.2) is 0 Å². The molecule has 1 atom stereocenters. The first kappa shape index (κ1) is 17.4. The Labute approximate surface area is 129 Å². The van der Waals surface area contributed by atoms with Crippen molar-refractivity contribution in [1.29, 1.82) is 0 Å². The molecule has 4 N–H and O–H groups in total. The molecule has 22 heavy (non-hydrogen) atoms. The molecule has 2 rings (SSSR count). The highest BCUT2D eigenvalue weighted by Gasteiger charge is 2.16. The van der Waals surface area contributed by atoms with Crippen LogP contribution in [0.25, 0.3) is 0 Å². The number of para-hydroxylation sites is 1. The van der Waals surface area contributed by atoms with Crippen LogP contribution in [0.2, 0.25) is 0 Å². The third-order valence-corrected chi connectivity index (χ3v) is 2.95. The van der Waals surface area contributed by atoms with Crippen molar-refractivity contribution in [2.24, 2.45) is 5.73 Å². The second kappa shape index (κ2) is 8.59. The largest absolute Gasteiger partial charge is 0.480 e. The van der Waals surface area contributed by atoms with Crippen LogP contribution >= 0.6 is 0 Å². The standard InChI is InChI=1S/C16H15NO3.CH5N/c1-11(16(19)20)17-14-10-6-5-9-13(14)15(18)12-7-3-2-4-8-12;1-2/h2-11,17H,1H3,(H,19,20);2H2,1H3. The molecule has 5 heteroatoms. The van der Waals surface area contributed by atoms with Gasteiger partial charge in [0.2, 0.25) is 0 Å². The van der Waals surface area contributed by atoms with Crippen LogP contribution in [-0.2, 0) is 4.79 Å². The molecule has 0 aliphatic rings. The normalized spacial score (nSPS) is 10.9. The van der Waals surface area contributed by atoms with Gasteiger partial charge in [-0.1, -0.05) is 42.5 Å². The van der Waals surface area contributed by atoms with Crippen molar-refractivity contribution in [2.45, 2.75) is 13.0 Å². The zero-order valence-corrected chi connectivity index (χ0v) is 12.6. The second-order valence-electron chi connectivity index (χ2n) is 4.44.